The number of anilines is 3. The van der Waals surface area contributed by atoms with Crippen molar-refractivity contribution in [2.45, 2.75) is 6.92 Å². The summed E-state index contributed by atoms with van der Waals surface area (Å²) < 4.78 is 6.85. The number of carbonyl (C=O) groups excluding carboxylic acids is 2. The molecule has 0 atom stereocenters. The molecule has 1 aliphatic heterocycles. The van der Waals surface area contributed by atoms with Crippen LogP contribution in [0.1, 0.15) is 18.2 Å². The van der Waals surface area contributed by atoms with E-state index in [9.17, 15) is 9.59 Å². The Balaban J connectivity index is 1.69. The predicted molar refractivity (Wildman–Crippen MR) is 130 cm³/mol. The van der Waals surface area contributed by atoms with E-state index in [2.05, 4.69) is 15.6 Å². The van der Waals surface area contributed by atoms with Crippen LogP contribution in [0.4, 0.5) is 21.9 Å². The number of amides is 1. The van der Waals surface area contributed by atoms with E-state index < -0.39 is 6.09 Å². The molecular formula is C26H22N4O3. The zero-order valence-corrected chi connectivity index (χ0v) is 18.0. The van der Waals surface area contributed by atoms with Gasteiger partial charge >= 0.3 is 6.09 Å². The fourth-order valence-corrected chi connectivity index (χ4v) is 4.03. The maximum absolute atomic E-state index is 13.0. The van der Waals surface area contributed by atoms with E-state index in [1.165, 1.54) is 4.57 Å². The summed E-state index contributed by atoms with van der Waals surface area (Å²) in [6, 6.07) is 25.0. The Morgan fingerprint density at radius 1 is 1.03 bits per heavy atom. The molecule has 1 amide bonds. The van der Waals surface area contributed by atoms with Gasteiger partial charge in [0.15, 0.2) is 0 Å². The fraction of sp³-hybridized carbons (Fsp3) is 0.115. The van der Waals surface area contributed by atoms with Crippen LogP contribution in [0, 0.1) is 0 Å². The molecule has 0 bridgehead atoms. The van der Waals surface area contributed by atoms with Crippen molar-refractivity contribution in [1.29, 1.82) is 0 Å². The van der Waals surface area contributed by atoms with Crippen LogP contribution in [-0.2, 0) is 9.53 Å². The van der Waals surface area contributed by atoms with Gasteiger partial charge in [-0.15, -0.1) is 0 Å². The molecule has 4 aromatic rings. The average Bonchev–Trinajstić information content (AvgIpc) is 3.04. The number of hydrogen-bond donors (Lipinski definition) is 2. The van der Waals surface area contributed by atoms with Crippen LogP contribution >= 0.6 is 0 Å². The minimum Gasteiger partial charge on any atom is -0.449 e. The Kier molecular flexibility index (Phi) is 5.36. The first-order valence-electron chi connectivity index (χ1n) is 10.7. The first-order chi connectivity index (χ1) is 16.2. The molecule has 0 unspecified atom stereocenters. The Morgan fingerprint density at radius 2 is 1.79 bits per heavy atom. The number of aliphatic imine (C=N–C) groups is 1. The minimum absolute atomic E-state index is 0.0441. The number of rotatable bonds is 4. The highest BCUT2D eigenvalue weighted by Gasteiger charge is 2.29. The molecule has 0 saturated heterocycles. The van der Waals surface area contributed by atoms with Crippen LogP contribution in [-0.4, -0.2) is 35.4 Å². The fourth-order valence-electron chi connectivity index (χ4n) is 4.03. The largest absolute Gasteiger partial charge is 0.449 e. The van der Waals surface area contributed by atoms with Crippen molar-refractivity contribution < 1.29 is 14.3 Å². The van der Waals surface area contributed by atoms with Crippen LogP contribution in [0.15, 0.2) is 83.9 Å². The van der Waals surface area contributed by atoms with Crippen molar-refractivity contribution in [3.63, 3.8) is 0 Å². The van der Waals surface area contributed by atoms with Crippen LogP contribution in [0.5, 0.6) is 0 Å². The summed E-state index contributed by atoms with van der Waals surface area (Å²) in [5.74, 6) is -0.239. The van der Waals surface area contributed by atoms with E-state index >= 15 is 0 Å². The molecule has 0 radical (unpaired) electrons. The van der Waals surface area contributed by atoms with Crippen molar-refractivity contribution in [3.05, 3.63) is 90.1 Å². The standard InChI is InChI=1S/C26H22N4O3/c1-2-33-26(32)30-21-14-7-6-13-20(21)24-25(30)23(27-16-22(31)29-24)17-9-8-12-19(15-17)28-18-10-4-3-5-11-18/h3-15,28H,2,16H2,1H3,(H,29,31). The molecule has 0 aliphatic carbocycles. The highest BCUT2D eigenvalue weighted by molar-refractivity contribution is 6.25. The van der Waals surface area contributed by atoms with Crippen molar-refractivity contribution in [2.24, 2.45) is 4.99 Å². The van der Waals surface area contributed by atoms with E-state index in [-0.39, 0.29) is 19.1 Å². The van der Waals surface area contributed by atoms with Gasteiger partial charge in [-0.25, -0.2) is 9.36 Å². The van der Waals surface area contributed by atoms with Gasteiger partial charge in [-0.2, -0.15) is 0 Å². The zero-order chi connectivity index (χ0) is 22.8. The lowest BCUT2D eigenvalue weighted by atomic mass is 10.0. The monoisotopic (exact) mass is 438 g/mol. The molecule has 164 valence electrons. The number of benzene rings is 3. The molecule has 2 heterocycles. The Bertz CT molecular complexity index is 1390. The number of para-hydroxylation sites is 2. The highest BCUT2D eigenvalue weighted by atomic mass is 16.5. The second-order valence-electron chi connectivity index (χ2n) is 7.56. The number of hydrogen-bond acceptors (Lipinski definition) is 5. The van der Waals surface area contributed by atoms with Gasteiger partial charge in [0.05, 0.1) is 23.5 Å². The molecule has 2 N–H and O–H groups in total. The van der Waals surface area contributed by atoms with Crippen molar-refractivity contribution >= 4 is 45.7 Å². The molecule has 1 aromatic heterocycles. The van der Waals surface area contributed by atoms with Crippen molar-refractivity contribution in [1.82, 2.24) is 4.57 Å². The van der Waals surface area contributed by atoms with Gasteiger partial charge in [0, 0.05) is 22.3 Å². The van der Waals surface area contributed by atoms with Crippen molar-refractivity contribution in [3.8, 4) is 0 Å². The van der Waals surface area contributed by atoms with Gasteiger partial charge in [-0.1, -0.05) is 48.5 Å². The predicted octanol–water partition coefficient (Wildman–Crippen LogP) is 5.18. The van der Waals surface area contributed by atoms with Gasteiger partial charge in [0.2, 0.25) is 5.91 Å². The smallest absolute Gasteiger partial charge is 0.419 e. The molecule has 33 heavy (non-hydrogen) atoms. The number of nitrogens with zero attached hydrogens (tertiary/aromatic N) is 2. The third-order valence-corrected chi connectivity index (χ3v) is 5.39. The second-order valence-corrected chi connectivity index (χ2v) is 7.56. The second kappa shape index (κ2) is 8.63. The van der Waals surface area contributed by atoms with E-state index in [1.54, 1.807) is 6.92 Å². The lowest BCUT2D eigenvalue weighted by Gasteiger charge is -2.13. The van der Waals surface area contributed by atoms with Gasteiger partial charge < -0.3 is 15.4 Å². The summed E-state index contributed by atoms with van der Waals surface area (Å²) in [5.41, 5.74) is 4.86. The summed E-state index contributed by atoms with van der Waals surface area (Å²) >= 11 is 0. The lowest BCUT2D eigenvalue weighted by Crippen LogP contribution is -2.20. The average molecular weight is 438 g/mol. The van der Waals surface area contributed by atoms with E-state index in [1.807, 2.05) is 78.9 Å². The molecule has 0 spiro atoms. The molecule has 3 aromatic carbocycles. The molecule has 5 rings (SSSR count). The molecule has 1 aliphatic rings. The molecule has 0 fully saturated rings. The summed E-state index contributed by atoms with van der Waals surface area (Å²) in [4.78, 5) is 30.2. The summed E-state index contributed by atoms with van der Waals surface area (Å²) in [5, 5.41) is 7.07. The van der Waals surface area contributed by atoms with E-state index in [4.69, 9.17) is 4.74 Å². The van der Waals surface area contributed by atoms with Crippen LogP contribution in [0.3, 0.4) is 0 Å². The lowest BCUT2D eigenvalue weighted by molar-refractivity contribution is -0.114. The van der Waals surface area contributed by atoms with E-state index in [0.717, 1.165) is 22.3 Å². The first-order valence-corrected chi connectivity index (χ1v) is 10.7. The summed E-state index contributed by atoms with van der Waals surface area (Å²) in [6.07, 6.45) is -0.516. The molecule has 7 heteroatoms. The van der Waals surface area contributed by atoms with Crippen LogP contribution in [0.2, 0.25) is 0 Å². The Morgan fingerprint density at radius 3 is 2.61 bits per heavy atom. The molecular weight excluding hydrogens is 416 g/mol. The van der Waals surface area contributed by atoms with Gasteiger partial charge in [0.1, 0.15) is 12.2 Å². The third-order valence-electron chi connectivity index (χ3n) is 5.39. The van der Waals surface area contributed by atoms with Gasteiger partial charge in [-0.05, 0) is 37.3 Å². The minimum atomic E-state index is -0.516. The first kappa shape index (κ1) is 20.5. The maximum atomic E-state index is 13.0. The van der Waals surface area contributed by atoms with E-state index in [0.29, 0.717) is 22.6 Å². The van der Waals surface area contributed by atoms with Gasteiger partial charge in [-0.3, -0.25) is 9.79 Å². The maximum Gasteiger partial charge on any atom is 0.419 e. The number of carbonyl (C=O) groups is 2. The summed E-state index contributed by atoms with van der Waals surface area (Å²) in [7, 11) is 0. The summed E-state index contributed by atoms with van der Waals surface area (Å²) in [6.45, 7) is 1.95. The SMILES string of the molecule is CCOC(=O)n1c2c(c3ccccc31)NC(=O)CN=C2c1cccc(Nc2ccccc2)c1. The van der Waals surface area contributed by atoms with Crippen LogP contribution in [0.25, 0.3) is 10.9 Å². The van der Waals surface area contributed by atoms with Crippen LogP contribution < -0.4 is 10.6 Å². The Hall–Kier alpha value is -4.39. The molecule has 0 saturated carbocycles. The third kappa shape index (κ3) is 3.85. The number of ether oxygens (including phenoxy) is 1. The number of aromatic nitrogens is 1. The van der Waals surface area contributed by atoms with Gasteiger partial charge in [0.25, 0.3) is 0 Å². The zero-order valence-electron chi connectivity index (χ0n) is 18.0. The van der Waals surface area contributed by atoms with Crippen molar-refractivity contribution in [2.75, 3.05) is 23.8 Å². The normalized spacial score (nSPS) is 13.0. The quantitative estimate of drug-likeness (QED) is 0.460. The Labute approximate surface area is 190 Å². The topological polar surface area (TPSA) is 84.7 Å². The number of fused-ring (bicyclic) bond motifs is 3. The molecule has 7 nitrogen and oxygen atoms in total. The number of nitrogens with one attached hydrogen (secondary N) is 2. The highest BCUT2D eigenvalue weighted by Crippen LogP contribution is 2.35.